The first-order chi connectivity index (χ1) is 15.5. The van der Waals surface area contributed by atoms with Crippen LogP contribution in [0.15, 0.2) is 70.6 Å². The number of aryl methyl sites for hydroxylation is 1. The number of aromatic nitrogens is 1. The maximum absolute atomic E-state index is 12.5. The third kappa shape index (κ3) is 4.53. The molecule has 4 rings (SSSR count). The number of carbonyl (C=O) groups is 2. The molecular weight excluding hydrogens is 422 g/mol. The Hall–Kier alpha value is -3.58. The molecule has 1 amide bonds. The summed E-state index contributed by atoms with van der Waals surface area (Å²) in [5.74, 6) is -0.512. The van der Waals surface area contributed by atoms with Gasteiger partial charge in [-0.15, -0.1) is 0 Å². The summed E-state index contributed by atoms with van der Waals surface area (Å²) in [6.45, 7) is 6.11. The molecule has 0 radical (unpaired) electrons. The number of amidine groups is 1. The number of thioether (sulfide) groups is 1. The van der Waals surface area contributed by atoms with Gasteiger partial charge < -0.3 is 14.6 Å². The Kier molecular flexibility index (Phi) is 6.28. The Morgan fingerprint density at radius 1 is 1.12 bits per heavy atom. The standard InChI is InChI=1S/C25H23N3O3S/c1-4-31-24(30)18-9-8-12-21(14-18)28-16(2)13-19(17(28)3)15-22-23(29)27-25(32-22)26-20-10-6-5-7-11-20/h5-15H,4H2,1-3H3,(H,26,27,29)/b22-15-. The second-order valence-corrected chi connectivity index (χ2v) is 8.28. The van der Waals surface area contributed by atoms with E-state index in [1.165, 1.54) is 11.8 Å². The van der Waals surface area contributed by atoms with Gasteiger partial charge in [0.2, 0.25) is 0 Å². The molecule has 0 spiro atoms. The number of nitrogens with zero attached hydrogens (tertiary/aromatic N) is 2. The van der Waals surface area contributed by atoms with Crippen molar-refractivity contribution >= 4 is 40.6 Å². The van der Waals surface area contributed by atoms with Crippen molar-refractivity contribution < 1.29 is 14.3 Å². The summed E-state index contributed by atoms with van der Waals surface area (Å²) in [7, 11) is 0. The number of rotatable bonds is 5. The van der Waals surface area contributed by atoms with Gasteiger partial charge in [0.15, 0.2) is 5.17 Å². The molecule has 0 saturated carbocycles. The monoisotopic (exact) mass is 445 g/mol. The maximum Gasteiger partial charge on any atom is 0.338 e. The van der Waals surface area contributed by atoms with E-state index >= 15 is 0 Å². The van der Waals surface area contributed by atoms with Gasteiger partial charge in [-0.1, -0.05) is 24.3 Å². The summed E-state index contributed by atoms with van der Waals surface area (Å²) in [6, 6.07) is 18.9. The number of benzene rings is 2. The SMILES string of the molecule is CCOC(=O)c1cccc(-n2c(C)cc(/C=C3\SC(=Nc4ccccc4)NC3=O)c2C)c1. The van der Waals surface area contributed by atoms with Crippen LogP contribution in [0.2, 0.25) is 0 Å². The highest BCUT2D eigenvalue weighted by atomic mass is 32.2. The van der Waals surface area contributed by atoms with Gasteiger partial charge in [-0.25, -0.2) is 9.79 Å². The molecule has 1 fully saturated rings. The molecule has 0 aliphatic carbocycles. The van der Waals surface area contributed by atoms with E-state index in [1.54, 1.807) is 13.0 Å². The van der Waals surface area contributed by atoms with Crippen LogP contribution in [0.3, 0.4) is 0 Å². The van der Waals surface area contributed by atoms with E-state index in [2.05, 4.69) is 14.9 Å². The van der Waals surface area contributed by atoms with Crippen LogP contribution in [0.4, 0.5) is 5.69 Å². The third-order valence-corrected chi connectivity index (χ3v) is 5.92. The Labute approximate surface area is 191 Å². The molecule has 0 unspecified atom stereocenters. The minimum atomic E-state index is -0.344. The predicted molar refractivity (Wildman–Crippen MR) is 128 cm³/mol. The van der Waals surface area contributed by atoms with Gasteiger partial charge in [0.05, 0.1) is 22.8 Å². The zero-order chi connectivity index (χ0) is 22.7. The van der Waals surface area contributed by atoms with E-state index in [0.29, 0.717) is 22.2 Å². The summed E-state index contributed by atoms with van der Waals surface area (Å²) < 4.78 is 7.18. The van der Waals surface area contributed by atoms with Crippen molar-refractivity contribution in [2.75, 3.05) is 6.61 Å². The zero-order valence-corrected chi connectivity index (χ0v) is 18.9. The van der Waals surface area contributed by atoms with Crippen LogP contribution in [0.25, 0.3) is 11.8 Å². The number of hydrogen-bond donors (Lipinski definition) is 1. The van der Waals surface area contributed by atoms with Crippen molar-refractivity contribution in [2.45, 2.75) is 20.8 Å². The number of hydrogen-bond acceptors (Lipinski definition) is 5. The van der Waals surface area contributed by atoms with E-state index in [4.69, 9.17) is 4.74 Å². The van der Waals surface area contributed by atoms with Crippen LogP contribution in [-0.2, 0) is 9.53 Å². The van der Waals surface area contributed by atoms with Crippen molar-refractivity contribution in [1.82, 2.24) is 9.88 Å². The number of carbonyl (C=O) groups excluding carboxylic acids is 2. The number of amides is 1. The molecule has 2 heterocycles. The fourth-order valence-electron chi connectivity index (χ4n) is 3.56. The molecule has 162 valence electrons. The number of aliphatic imine (C=N–C) groups is 1. The van der Waals surface area contributed by atoms with Gasteiger partial charge in [-0.2, -0.15) is 0 Å². The van der Waals surface area contributed by atoms with E-state index in [-0.39, 0.29) is 11.9 Å². The summed E-state index contributed by atoms with van der Waals surface area (Å²) in [4.78, 5) is 29.7. The fraction of sp³-hybridized carbons (Fsp3) is 0.160. The highest BCUT2D eigenvalue weighted by Gasteiger charge is 2.24. The molecule has 0 atom stereocenters. The van der Waals surface area contributed by atoms with Crippen LogP contribution in [0.5, 0.6) is 0 Å². The highest BCUT2D eigenvalue weighted by Crippen LogP contribution is 2.30. The Morgan fingerprint density at radius 2 is 1.91 bits per heavy atom. The first kappa shape index (κ1) is 21.6. The smallest absolute Gasteiger partial charge is 0.338 e. The summed E-state index contributed by atoms with van der Waals surface area (Å²) in [6.07, 6.45) is 1.88. The molecular formula is C25H23N3O3S. The lowest BCUT2D eigenvalue weighted by molar-refractivity contribution is -0.115. The van der Waals surface area contributed by atoms with E-state index < -0.39 is 0 Å². The lowest BCUT2D eigenvalue weighted by Crippen LogP contribution is -2.19. The summed E-state index contributed by atoms with van der Waals surface area (Å²) in [5.41, 5.74) is 5.06. The number of nitrogens with one attached hydrogen (secondary N) is 1. The molecule has 7 heteroatoms. The Morgan fingerprint density at radius 3 is 2.66 bits per heavy atom. The van der Waals surface area contributed by atoms with E-state index in [9.17, 15) is 9.59 Å². The molecule has 1 aromatic heterocycles. The Bertz CT molecular complexity index is 1240. The molecule has 0 bridgehead atoms. The van der Waals surface area contributed by atoms with Crippen molar-refractivity contribution in [3.05, 3.63) is 88.1 Å². The second kappa shape index (κ2) is 9.28. The third-order valence-electron chi connectivity index (χ3n) is 5.01. The minimum absolute atomic E-state index is 0.168. The molecule has 3 aromatic rings. The van der Waals surface area contributed by atoms with Crippen LogP contribution < -0.4 is 5.32 Å². The maximum atomic E-state index is 12.5. The number of ether oxygens (including phenoxy) is 1. The summed E-state index contributed by atoms with van der Waals surface area (Å²) >= 11 is 1.32. The van der Waals surface area contributed by atoms with Crippen LogP contribution >= 0.6 is 11.8 Å². The van der Waals surface area contributed by atoms with E-state index in [0.717, 1.165) is 28.3 Å². The Balaban J connectivity index is 1.63. The first-order valence-electron chi connectivity index (χ1n) is 10.3. The van der Waals surface area contributed by atoms with Crippen molar-refractivity contribution in [1.29, 1.82) is 0 Å². The van der Waals surface area contributed by atoms with Gasteiger partial charge in [0.25, 0.3) is 5.91 Å². The predicted octanol–water partition coefficient (Wildman–Crippen LogP) is 5.16. The topological polar surface area (TPSA) is 72.7 Å². The van der Waals surface area contributed by atoms with Crippen molar-refractivity contribution in [3.8, 4) is 5.69 Å². The van der Waals surface area contributed by atoms with Gasteiger partial charge in [-0.3, -0.25) is 4.79 Å². The molecule has 6 nitrogen and oxygen atoms in total. The fourth-order valence-corrected chi connectivity index (χ4v) is 4.39. The normalized spacial score (nSPS) is 15.9. The van der Waals surface area contributed by atoms with E-state index in [1.807, 2.05) is 74.5 Å². The van der Waals surface area contributed by atoms with Gasteiger partial charge >= 0.3 is 5.97 Å². The molecule has 2 aromatic carbocycles. The number of esters is 1. The second-order valence-electron chi connectivity index (χ2n) is 7.25. The van der Waals surface area contributed by atoms with Crippen molar-refractivity contribution in [3.63, 3.8) is 0 Å². The van der Waals surface area contributed by atoms with Crippen LogP contribution in [-0.4, -0.2) is 28.2 Å². The largest absolute Gasteiger partial charge is 0.462 e. The molecule has 1 aliphatic heterocycles. The minimum Gasteiger partial charge on any atom is -0.462 e. The first-order valence-corrected chi connectivity index (χ1v) is 11.1. The summed E-state index contributed by atoms with van der Waals surface area (Å²) in [5, 5.41) is 3.38. The van der Waals surface area contributed by atoms with Crippen LogP contribution in [0, 0.1) is 13.8 Å². The van der Waals surface area contributed by atoms with Gasteiger partial charge in [0, 0.05) is 17.1 Å². The number of para-hydroxylation sites is 1. The molecule has 32 heavy (non-hydrogen) atoms. The molecule has 1 saturated heterocycles. The van der Waals surface area contributed by atoms with Gasteiger partial charge in [-0.05, 0) is 80.6 Å². The molecule has 1 N–H and O–H groups in total. The lowest BCUT2D eigenvalue weighted by Gasteiger charge is -2.11. The van der Waals surface area contributed by atoms with Gasteiger partial charge in [0.1, 0.15) is 0 Å². The average molecular weight is 446 g/mol. The zero-order valence-electron chi connectivity index (χ0n) is 18.1. The highest BCUT2D eigenvalue weighted by molar-refractivity contribution is 8.18. The quantitative estimate of drug-likeness (QED) is 0.435. The van der Waals surface area contributed by atoms with Crippen molar-refractivity contribution in [2.24, 2.45) is 4.99 Å². The lowest BCUT2D eigenvalue weighted by atomic mass is 10.2. The average Bonchev–Trinajstić information content (AvgIpc) is 3.26. The van der Waals surface area contributed by atoms with Crippen LogP contribution in [0.1, 0.15) is 34.2 Å². The molecule has 1 aliphatic rings.